The van der Waals surface area contributed by atoms with E-state index in [-0.39, 0.29) is 29.4 Å². The summed E-state index contributed by atoms with van der Waals surface area (Å²) in [6, 6.07) is 1.84. The van der Waals surface area contributed by atoms with Crippen molar-refractivity contribution in [1.29, 1.82) is 0 Å². The molecule has 0 spiro atoms. The molecule has 1 aromatic heterocycles. The summed E-state index contributed by atoms with van der Waals surface area (Å²) in [5, 5.41) is 3.54. The maximum absolute atomic E-state index is 12.9. The fourth-order valence-corrected chi connectivity index (χ4v) is 3.53. The van der Waals surface area contributed by atoms with Gasteiger partial charge < -0.3 is 14.8 Å². The van der Waals surface area contributed by atoms with Gasteiger partial charge in [-0.1, -0.05) is 0 Å². The van der Waals surface area contributed by atoms with Crippen molar-refractivity contribution < 1.29 is 14.3 Å². The average Bonchev–Trinajstić information content (AvgIpc) is 2.69. The first kappa shape index (κ1) is 18.8. The van der Waals surface area contributed by atoms with E-state index in [4.69, 9.17) is 9.47 Å². The van der Waals surface area contributed by atoms with Crippen LogP contribution < -0.4 is 5.32 Å². The fourth-order valence-electron chi connectivity index (χ4n) is 3.53. The second-order valence-electron chi connectivity index (χ2n) is 7.97. The third kappa shape index (κ3) is 4.51. The third-order valence-electron chi connectivity index (χ3n) is 4.32. The zero-order chi connectivity index (χ0) is 18.0. The highest BCUT2D eigenvalue weighted by Crippen LogP contribution is 2.38. The summed E-state index contributed by atoms with van der Waals surface area (Å²) in [6.07, 6.45) is 4.06. The molecule has 1 saturated heterocycles. The molecular weight excluding hydrogens is 306 g/mol. The van der Waals surface area contributed by atoms with Gasteiger partial charge in [-0.2, -0.15) is 0 Å². The topological polar surface area (TPSA) is 73.3 Å². The zero-order valence-corrected chi connectivity index (χ0v) is 15.5. The zero-order valence-electron chi connectivity index (χ0n) is 15.5. The third-order valence-corrected chi connectivity index (χ3v) is 4.32. The summed E-state index contributed by atoms with van der Waals surface area (Å²) in [7, 11) is 1.67. The molecule has 1 N–H and O–H groups in total. The van der Waals surface area contributed by atoms with Crippen molar-refractivity contribution in [3.05, 3.63) is 24.3 Å². The highest BCUT2D eigenvalue weighted by molar-refractivity contribution is 5.75. The molecule has 0 radical (unpaired) electrons. The fraction of sp³-hybridized carbons (Fsp3) is 0.722. The normalized spacial score (nSPS) is 26.3. The van der Waals surface area contributed by atoms with Gasteiger partial charge in [0, 0.05) is 37.5 Å². The number of rotatable bonds is 5. The predicted octanol–water partition coefficient (Wildman–Crippen LogP) is 1.99. The molecule has 0 bridgehead atoms. The van der Waals surface area contributed by atoms with Crippen LogP contribution in [0, 0.1) is 11.8 Å². The molecule has 6 nitrogen and oxygen atoms in total. The van der Waals surface area contributed by atoms with E-state index in [9.17, 15) is 4.79 Å². The number of esters is 1. The monoisotopic (exact) mass is 335 g/mol. The van der Waals surface area contributed by atoms with Crippen LogP contribution in [0.15, 0.2) is 18.5 Å². The minimum absolute atomic E-state index is 0.0113. The standard InChI is InChI=1S/C18H29N3O3/c1-17(2,3)24-16(22)15-12(10-14-19-8-7-9-20-14)13(11-23-6)21-18(15,4)5/h7-9,12-13,15,21H,10-11H2,1-6H3/t12-,13+,15?/m0/s1. The van der Waals surface area contributed by atoms with Gasteiger partial charge in [0.15, 0.2) is 0 Å². The summed E-state index contributed by atoms with van der Waals surface area (Å²) in [5.74, 6) is 0.272. The molecule has 134 valence electrons. The molecule has 1 aliphatic rings. The molecular formula is C18H29N3O3. The Kier molecular flexibility index (Phi) is 5.60. The van der Waals surface area contributed by atoms with Crippen molar-refractivity contribution in [3.63, 3.8) is 0 Å². The Morgan fingerprint density at radius 1 is 1.29 bits per heavy atom. The van der Waals surface area contributed by atoms with E-state index in [0.717, 1.165) is 5.82 Å². The maximum Gasteiger partial charge on any atom is 0.311 e. The molecule has 0 aliphatic carbocycles. The Morgan fingerprint density at radius 3 is 2.46 bits per heavy atom. The Hall–Kier alpha value is -1.53. The predicted molar refractivity (Wildman–Crippen MR) is 91.4 cm³/mol. The summed E-state index contributed by atoms with van der Waals surface area (Å²) in [6.45, 7) is 10.3. The molecule has 1 aromatic rings. The number of nitrogens with one attached hydrogen (secondary N) is 1. The van der Waals surface area contributed by atoms with Gasteiger partial charge in [-0.05, 0) is 46.6 Å². The van der Waals surface area contributed by atoms with Crippen LogP contribution in [0.4, 0.5) is 0 Å². The maximum atomic E-state index is 12.9. The molecule has 2 heterocycles. The van der Waals surface area contributed by atoms with Crippen LogP contribution in [-0.4, -0.2) is 46.8 Å². The number of methoxy groups -OCH3 is 1. The molecule has 1 fully saturated rings. The smallest absolute Gasteiger partial charge is 0.311 e. The van der Waals surface area contributed by atoms with E-state index in [1.54, 1.807) is 25.6 Å². The van der Waals surface area contributed by atoms with Crippen molar-refractivity contribution in [2.24, 2.45) is 11.8 Å². The van der Waals surface area contributed by atoms with E-state index in [0.29, 0.717) is 13.0 Å². The number of carbonyl (C=O) groups is 1. The van der Waals surface area contributed by atoms with Crippen LogP contribution in [0.25, 0.3) is 0 Å². The number of hydrogen-bond acceptors (Lipinski definition) is 6. The van der Waals surface area contributed by atoms with E-state index >= 15 is 0 Å². The van der Waals surface area contributed by atoms with Gasteiger partial charge in [-0.15, -0.1) is 0 Å². The lowest BCUT2D eigenvalue weighted by Gasteiger charge is -2.31. The molecule has 6 heteroatoms. The first-order chi connectivity index (χ1) is 11.1. The number of ether oxygens (including phenoxy) is 2. The Bertz CT molecular complexity index is 554. The van der Waals surface area contributed by atoms with Gasteiger partial charge in [-0.3, -0.25) is 4.79 Å². The van der Waals surface area contributed by atoms with E-state index in [1.807, 2.05) is 34.6 Å². The number of hydrogen-bond donors (Lipinski definition) is 1. The lowest BCUT2D eigenvalue weighted by molar-refractivity contribution is -0.163. The molecule has 1 aliphatic heterocycles. The minimum atomic E-state index is -0.514. The summed E-state index contributed by atoms with van der Waals surface area (Å²) >= 11 is 0. The summed E-state index contributed by atoms with van der Waals surface area (Å²) in [5.41, 5.74) is -0.898. The van der Waals surface area contributed by atoms with E-state index in [1.165, 1.54) is 0 Å². The molecule has 0 aromatic carbocycles. The minimum Gasteiger partial charge on any atom is -0.460 e. The largest absolute Gasteiger partial charge is 0.460 e. The van der Waals surface area contributed by atoms with Gasteiger partial charge >= 0.3 is 5.97 Å². The number of nitrogens with zero attached hydrogens (tertiary/aromatic N) is 2. The van der Waals surface area contributed by atoms with Gasteiger partial charge in [0.2, 0.25) is 0 Å². The van der Waals surface area contributed by atoms with Gasteiger partial charge in [0.1, 0.15) is 11.4 Å². The van der Waals surface area contributed by atoms with Gasteiger partial charge in [0.25, 0.3) is 0 Å². The molecule has 0 amide bonds. The highest BCUT2D eigenvalue weighted by atomic mass is 16.6. The second kappa shape index (κ2) is 7.15. The van der Waals surface area contributed by atoms with Gasteiger partial charge in [-0.25, -0.2) is 9.97 Å². The van der Waals surface area contributed by atoms with Crippen LogP contribution in [0.1, 0.15) is 40.4 Å². The first-order valence-electron chi connectivity index (χ1n) is 8.39. The Morgan fingerprint density at radius 2 is 1.92 bits per heavy atom. The molecule has 3 atom stereocenters. The van der Waals surface area contributed by atoms with Crippen LogP contribution >= 0.6 is 0 Å². The van der Waals surface area contributed by atoms with Crippen molar-refractivity contribution in [1.82, 2.24) is 15.3 Å². The number of aromatic nitrogens is 2. The lowest BCUT2D eigenvalue weighted by Crippen LogP contribution is -2.45. The Labute approximate surface area is 144 Å². The van der Waals surface area contributed by atoms with Gasteiger partial charge in [0.05, 0.1) is 12.5 Å². The van der Waals surface area contributed by atoms with Crippen molar-refractivity contribution >= 4 is 5.97 Å². The second-order valence-corrected chi connectivity index (χ2v) is 7.97. The van der Waals surface area contributed by atoms with Crippen LogP contribution in [-0.2, 0) is 20.7 Å². The summed E-state index contributed by atoms with van der Waals surface area (Å²) in [4.78, 5) is 21.5. The first-order valence-corrected chi connectivity index (χ1v) is 8.39. The Balaban J connectivity index is 2.29. The SMILES string of the molecule is COC[C@H]1NC(C)(C)C(C(=O)OC(C)(C)C)[C@H]1Cc1ncccn1. The highest BCUT2D eigenvalue weighted by Gasteiger charge is 2.52. The van der Waals surface area contributed by atoms with Crippen molar-refractivity contribution in [3.8, 4) is 0 Å². The molecule has 24 heavy (non-hydrogen) atoms. The quantitative estimate of drug-likeness (QED) is 0.830. The molecule has 1 unspecified atom stereocenters. The van der Waals surface area contributed by atoms with Crippen LogP contribution in [0.5, 0.6) is 0 Å². The van der Waals surface area contributed by atoms with E-state index < -0.39 is 5.60 Å². The lowest BCUT2D eigenvalue weighted by atomic mass is 9.79. The number of carbonyl (C=O) groups excluding carboxylic acids is 1. The van der Waals surface area contributed by atoms with Crippen LogP contribution in [0.3, 0.4) is 0 Å². The average molecular weight is 335 g/mol. The van der Waals surface area contributed by atoms with Crippen LogP contribution in [0.2, 0.25) is 0 Å². The molecule has 0 saturated carbocycles. The summed E-state index contributed by atoms with van der Waals surface area (Å²) < 4.78 is 11.1. The van der Waals surface area contributed by atoms with Crippen molar-refractivity contribution in [2.75, 3.05) is 13.7 Å². The van der Waals surface area contributed by atoms with E-state index in [2.05, 4.69) is 15.3 Å². The van der Waals surface area contributed by atoms with Crippen molar-refractivity contribution in [2.45, 2.75) is 58.2 Å². The molecule has 2 rings (SSSR count).